The van der Waals surface area contributed by atoms with Gasteiger partial charge in [0.1, 0.15) is 11.2 Å². The molecule has 0 aromatic heterocycles. The van der Waals surface area contributed by atoms with Gasteiger partial charge in [-0.1, -0.05) is 19.1 Å². The van der Waals surface area contributed by atoms with Crippen LogP contribution in [0.5, 0.6) is 0 Å². The monoisotopic (exact) mass is 399 g/mol. The van der Waals surface area contributed by atoms with Crippen molar-refractivity contribution < 1.29 is 18.7 Å². The van der Waals surface area contributed by atoms with Crippen LogP contribution in [0.4, 0.5) is 10.1 Å². The number of ether oxygens (including phenoxy) is 1. The van der Waals surface area contributed by atoms with Crippen LogP contribution in [0.25, 0.3) is 0 Å². The average Bonchev–Trinajstić information content (AvgIpc) is 3.26. The molecule has 146 valence electrons. The van der Waals surface area contributed by atoms with Crippen LogP contribution in [0.3, 0.4) is 0 Å². The summed E-state index contributed by atoms with van der Waals surface area (Å²) in [6.45, 7) is 4.50. The molecule has 0 N–H and O–H groups in total. The van der Waals surface area contributed by atoms with Crippen LogP contribution in [0.1, 0.15) is 40.2 Å². The second-order valence-electron chi connectivity index (χ2n) is 7.55. The number of aryl methyl sites for hydroxylation is 1. The summed E-state index contributed by atoms with van der Waals surface area (Å²) < 4.78 is 18.7. The summed E-state index contributed by atoms with van der Waals surface area (Å²) in [4.78, 5) is 26.6. The lowest BCUT2D eigenvalue weighted by atomic mass is 10.1. The van der Waals surface area contributed by atoms with E-state index in [1.54, 1.807) is 35.2 Å². The van der Waals surface area contributed by atoms with Gasteiger partial charge in [-0.2, -0.15) is 0 Å². The number of hydrogen-bond acceptors (Lipinski definition) is 4. The molecule has 28 heavy (non-hydrogen) atoms. The van der Waals surface area contributed by atoms with Crippen molar-refractivity contribution in [3.8, 4) is 0 Å². The number of carbonyl (C=O) groups is 2. The maximum absolute atomic E-state index is 13.3. The van der Waals surface area contributed by atoms with Crippen LogP contribution in [0.2, 0.25) is 0 Å². The van der Waals surface area contributed by atoms with Crippen LogP contribution in [0.15, 0.2) is 42.5 Å². The zero-order chi connectivity index (χ0) is 19.8. The van der Waals surface area contributed by atoms with E-state index in [9.17, 15) is 14.0 Å². The van der Waals surface area contributed by atoms with Gasteiger partial charge in [0, 0.05) is 5.69 Å². The Morgan fingerprint density at radius 1 is 1.25 bits per heavy atom. The fourth-order valence-corrected chi connectivity index (χ4v) is 4.68. The molecule has 0 bridgehead atoms. The fraction of sp³-hybridized carbons (Fsp3) is 0.364. The molecule has 6 heteroatoms. The summed E-state index contributed by atoms with van der Waals surface area (Å²) in [7, 11) is 0. The number of benzene rings is 2. The molecule has 0 spiro atoms. The van der Waals surface area contributed by atoms with Gasteiger partial charge in [-0.15, -0.1) is 11.8 Å². The van der Waals surface area contributed by atoms with Crippen molar-refractivity contribution in [3.63, 3.8) is 0 Å². The van der Waals surface area contributed by atoms with Gasteiger partial charge in [-0.3, -0.25) is 9.69 Å². The molecule has 2 aromatic carbocycles. The molecule has 4 rings (SSSR count). The molecule has 1 aliphatic heterocycles. The van der Waals surface area contributed by atoms with Gasteiger partial charge in [-0.05, 0) is 66.6 Å². The van der Waals surface area contributed by atoms with E-state index in [1.807, 2.05) is 6.92 Å². The summed E-state index contributed by atoms with van der Waals surface area (Å²) in [5, 5.41) is -0.207. The van der Waals surface area contributed by atoms with Crippen LogP contribution < -0.4 is 4.90 Å². The SMILES string of the molecule is Cc1cc(C(=O)OCC2CC2C)ccc1N1C(=O)CSC1c1ccc(F)cc1. The highest BCUT2D eigenvalue weighted by Gasteiger charge is 2.35. The third-order valence-corrected chi connectivity index (χ3v) is 6.63. The summed E-state index contributed by atoms with van der Waals surface area (Å²) in [6.07, 6.45) is 1.12. The van der Waals surface area contributed by atoms with Gasteiger partial charge in [0.15, 0.2) is 0 Å². The lowest BCUT2D eigenvalue weighted by Gasteiger charge is -2.26. The van der Waals surface area contributed by atoms with Gasteiger partial charge in [0.05, 0.1) is 17.9 Å². The Kier molecular flexibility index (Phi) is 5.15. The molecular weight excluding hydrogens is 377 g/mol. The lowest BCUT2D eigenvalue weighted by Crippen LogP contribution is -2.28. The summed E-state index contributed by atoms with van der Waals surface area (Å²) in [5.74, 6) is 0.861. The standard InChI is InChI=1S/C22H22FNO3S/c1-13-9-17(13)11-27-22(26)16-5-8-19(14(2)10-16)24-20(25)12-28-21(24)15-3-6-18(23)7-4-15/h3-8,10,13,17,21H,9,11-12H2,1-2H3. The van der Waals surface area contributed by atoms with E-state index in [0.717, 1.165) is 23.2 Å². The normalized spacial score (nSPS) is 23.8. The smallest absolute Gasteiger partial charge is 0.338 e. The second kappa shape index (κ2) is 7.59. The van der Waals surface area contributed by atoms with Gasteiger partial charge >= 0.3 is 5.97 Å². The van der Waals surface area contributed by atoms with Gasteiger partial charge in [0.2, 0.25) is 5.91 Å². The first-order valence-corrected chi connectivity index (χ1v) is 10.5. The number of halogens is 1. The highest BCUT2D eigenvalue weighted by atomic mass is 32.2. The van der Waals surface area contributed by atoms with Gasteiger partial charge in [-0.25, -0.2) is 9.18 Å². The minimum absolute atomic E-state index is 0.000438. The van der Waals surface area contributed by atoms with E-state index >= 15 is 0 Å². The second-order valence-corrected chi connectivity index (χ2v) is 8.62. The topological polar surface area (TPSA) is 46.6 Å². The number of rotatable bonds is 5. The molecule has 2 aromatic rings. The van der Waals surface area contributed by atoms with Crippen molar-refractivity contribution >= 4 is 29.3 Å². The maximum Gasteiger partial charge on any atom is 0.338 e. The molecule has 2 fully saturated rings. The number of nitrogens with zero attached hydrogens (tertiary/aromatic N) is 1. The van der Waals surface area contributed by atoms with Gasteiger partial charge < -0.3 is 4.74 Å². The minimum atomic E-state index is -0.328. The highest BCUT2D eigenvalue weighted by Crippen LogP contribution is 2.43. The van der Waals surface area contributed by atoms with E-state index in [2.05, 4.69) is 6.92 Å². The molecule has 1 saturated heterocycles. The summed E-state index contributed by atoms with van der Waals surface area (Å²) >= 11 is 1.51. The van der Waals surface area contributed by atoms with E-state index in [0.29, 0.717) is 29.8 Å². The summed E-state index contributed by atoms with van der Waals surface area (Å²) in [5.41, 5.74) is 2.96. The predicted octanol–water partition coefficient (Wildman–Crippen LogP) is 4.73. The zero-order valence-electron chi connectivity index (χ0n) is 15.9. The van der Waals surface area contributed by atoms with E-state index in [4.69, 9.17) is 4.74 Å². The number of thioether (sulfide) groups is 1. The quantitative estimate of drug-likeness (QED) is 0.682. The molecule has 1 aliphatic carbocycles. The molecule has 1 saturated carbocycles. The molecular formula is C22H22FNO3S. The maximum atomic E-state index is 13.3. The van der Waals surface area contributed by atoms with Crippen LogP contribution in [-0.2, 0) is 9.53 Å². The van der Waals surface area contributed by atoms with Crippen LogP contribution in [0, 0.1) is 24.6 Å². The Balaban J connectivity index is 1.54. The third kappa shape index (κ3) is 3.78. The number of hydrogen-bond donors (Lipinski definition) is 0. The number of carbonyl (C=O) groups excluding carboxylic acids is 2. The Hall–Kier alpha value is -2.34. The Bertz CT molecular complexity index is 914. The van der Waals surface area contributed by atoms with Crippen molar-refractivity contribution in [1.82, 2.24) is 0 Å². The largest absolute Gasteiger partial charge is 0.462 e. The van der Waals surface area contributed by atoms with Crippen molar-refractivity contribution in [2.45, 2.75) is 25.6 Å². The molecule has 1 amide bonds. The Labute approximate surface area is 168 Å². The molecule has 3 atom stereocenters. The fourth-order valence-electron chi connectivity index (χ4n) is 3.51. The Morgan fingerprint density at radius 3 is 2.61 bits per heavy atom. The average molecular weight is 399 g/mol. The van der Waals surface area contributed by atoms with Crippen LogP contribution >= 0.6 is 11.8 Å². The van der Waals surface area contributed by atoms with E-state index in [1.165, 1.54) is 23.9 Å². The van der Waals surface area contributed by atoms with Gasteiger partial charge in [0.25, 0.3) is 0 Å². The first-order chi connectivity index (χ1) is 13.4. The number of anilines is 1. The predicted molar refractivity (Wildman–Crippen MR) is 108 cm³/mol. The summed E-state index contributed by atoms with van der Waals surface area (Å²) in [6, 6.07) is 11.5. The third-order valence-electron chi connectivity index (χ3n) is 5.42. The highest BCUT2D eigenvalue weighted by molar-refractivity contribution is 8.00. The molecule has 0 radical (unpaired) electrons. The van der Waals surface area contributed by atoms with E-state index in [-0.39, 0.29) is 23.1 Å². The first kappa shape index (κ1) is 19.0. The van der Waals surface area contributed by atoms with Crippen molar-refractivity contribution in [1.29, 1.82) is 0 Å². The number of amides is 1. The molecule has 1 heterocycles. The molecule has 4 nitrogen and oxygen atoms in total. The minimum Gasteiger partial charge on any atom is -0.462 e. The van der Waals surface area contributed by atoms with Crippen LogP contribution in [-0.4, -0.2) is 24.2 Å². The number of esters is 1. The van der Waals surface area contributed by atoms with Crippen molar-refractivity contribution in [2.75, 3.05) is 17.3 Å². The lowest BCUT2D eigenvalue weighted by molar-refractivity contribution is -0.115. The molecule has 3 unspecified atom stereocenters. The first-order valence-electron chi connectivity index (χ1n) is 9.41. The Morgan fingerprint density at radius 2 is 1.96 bits per heavy atom. The van der Waals surface area contributed by atoms with Crippen molar-refractivity contribution in [2.24, 2.45) is 11.8 Å². The van der Waals surface area contributed by atoms with Crippen molar-refractivity contribution in [3.05, 3.63) is 65.0 Å². The molecule has 2 aliphatic rings. The zero-order valence-corrected chi connectivity index (χ0v) is 16.7. The van der Waals surface area contributed by atoms with E-state index < -0.39 is 0 Å².